The zero-order valence-corrected chi connectivity index (χ0v) is 39.5. The average molecular weight is 882 g/mol. The summed E-state index contributed by atoms with van der Waals surface area (Å²) in [5.74, 6) is -0.214. The number of ether oxygens (including phenoxy) is 2. The lowest BCUT2D eigenvalue weighted by molar-refractivity contribution is -0.302. The monoisotopic (exact) mass is 882 g/mol. The summed E-state index contributed by atoms with van der Waals surface area (Å²) in [7, 11) is 0. The zero-order valence-electron chi connectivity index (χ0n) is 39.5. The molecule has 0 radical (unpaired) electrons. The maximum Gasteiger partial charge on any atom is 0.220 e. The van der Waals surface area contributed by atoms with Gasteiger partial charge in [0.1, 0.15) is 24.4 Å². The highest BCUT2D eigenvalue weighted by Crippen LogP contribution is 2.22. The lowest BCUT2D eigenvalue weighted by atomic mass is 9.99. The van der Waals surface area contributed by atoms with Crippen LogP contribution in [-0.2, 0) is 14.3 Å². The molecule has 9 nitrogen and oxygen atoms in total. The van der Waals surface area contributed by atoms with E-state index < -0.39 is 49.5 Å². The van der Waals surface area contributed by atoms with Crippen LogP contribution in [0.4, 0.5) is 0 Å². The van der Waals surface area contributed by atoms with Crippen LogP contribution in [0.2, 0.25) is 0 Å². The summed E-state index contributed by atoms with van der Waals surface area (Å²) in [6.07, 6.45) is 54.5. The van der Waals surface area contributed by atoms with Crippen molar-refractivity contribution in [1.82, 2.24) is 5.32 Å². The minimum absolute atomic E-state index is 0.214. The van der Waals surface area contributed by atoms with Gasteiger partial charge in [0.15, 0.2) is 6.29 Å². The number of hydrogen-bond donors (Lipinski definition) is 6. The van der Waals surface area contributed by atoms with Gasteiger partial charge < -0.3 is 40.3 Å². The van der Waals surface area contributed by atoms with Crippen molar-refractivity contribution in [2.75, 3.05) is 13.2 Å². The Morgan fingerprint density at radius 1 is 0.556 bits per heavy atom. The molecule has 1 heterocycles. The van der Waals surface area contributed by atoms with E-state index in [0.29, 0.717) is 6.42 Å². The molecule has 0 aliphatic carbocycles. The Morgan fingerprint density at radius 2 is 1.00 bits per heavy atom. The molecule has 360 valence electrons. The Bertz CT molecular complexity index is 1300. The number of amides is 1. The van der Waals surface area contributed by atoms with E-state index in [9.17, 15) is 30.3 Å². The molecule has 0 saturated carbocycles. The smallest absolute Gasteiger partial charge is 0.220 e. The Labute approximate surface area is 383 Å². The number of carbonyl (C=O) groups is 1. The van der Waals surface area contributed by atoms with Gasteiger partial charge in [0.25, 0.3) is 0 Å². The van der Waals surface area contributed by atoms with E-state index in [0.717, 1.165) is 103 Å². The van der Waals surface area contributed by atoms with Crippen LogP contribution in [0.1, 0.15) is 181 Å². The first-order chi connectivity index (χ1) is 30.8. The van der Waals surface area contributed by atoms with Gasteiger partial charge in [0.05, 0.1) is 25.4 Å². The predicted octanol–water partition coefficient (Wildman–Crippen LogP) is 11.3. The van der Waals surface area contributed by atoms with Gasteiger partial charge in [-0.05, 0) is 89.9 Å². The molecular weight excluding hydrogens is 791 g/mol. The fourth-order valence-electron chi connectivity index (χ4n) is 7.15. The van der Waals surface area contributed by atoms with E-state index in [1.807, 2.05) is 6.08 Å². The van der Waals surface area contributed by atoms with E-state index >= 15 is 0 Å². The van der Waals surface area contributed by atoms with Crippen molar-refractivity contribution in [3.63, 3.8) is 0 Å². The molecule has 1 saturated heterocycles. The molecule has 7 atom stereocenters. The van der Waals surface area contributed by atoms with Gasteiger partial charge >= 0.3 is 0 Å². The molecule has 0 bridgehead atoms. The number of carbonyl (C=O) groups excluding carboxylic acids is 1. The molecular formula is C54H91NO8. The predicted molar refractivity (Wildman–Crippen MR) is 262 cm³/mol. The molecule has 1 aliphatic rings. The summed E-state index contributed by atoms with van der Waals surface area (Å²) in [6.45, 7) is 3.61. The van der Waals surface area contributed by atoms with Crippen molar-refractivity contribution >= 4 is 5.91 Å². The van der Waals surface area contributed by atoms with E-state index in [4.69, 9.17) is 9.47 Å². The summed E-state index contributed by atoms with van der Waals surface area (Å²) < 4.78 is 11.2. The molecule has 0 aromatic carbocycles. The normalized spacial score (nSPS) is 21.0. The summed E-state index contributed by atoms with van der Waals surface area (Å²) in [4.78, 5) is 13.0. The minimum Gasteiger partial charge on any atom is -0.394 e. The zero-order chi connectivity index (χ0) is 45.9. The number of nitrogens with one attached hydrogen (secondary N) is 1. The Morgan fingerprint density at radius 3 is 1.52 bits per heavy atom. The maximum absolute atomic E-state index is 13.0. The summed E-state index contributed by atoms with van der Waals surface area (Å²) in [5.41, 5.74) is 0. The second-order valence-electron chi connectivity index (χ2n) is 16.9. The minimum atomic E-state index is -1.58. The molecule has 0 aromatic heterocycles. The van der Waals surface area contributed by atoms with E-state index in [1.54, 1.807) is 6.08 Å². The molecule has 1 amide bonds. The van der Waals surface area contributed by atoms with Crippen molar-refractivity contribution in [2.45, 2.75) is 224 Å². The quantitative estimate of drug-likeness (QED) is 0.0263. The highest BCUT2D eigenvalue weighted by Gasteiger charge is 2.44. The summed E-state index contributed by atoms with van der Waals surface area (Å²) in [6, 6.07) is -0.845. The van der Waals surface area contributed by atoms with Gasteiger partial charge in [-0.25, -0.2) is 0 Å². The van der Waals surface area contributed by atoms with Crippen molar-refractivity contribution in [1.29, 1.82) is 0 Å². The van der Waals surface area contributed by atoms with E-state index in [1.165, 1.54) is 57.8 Å². The third kappa shape index (κ3) is 33.3. The van der Waals surface area contributed by atoms with Gasteiger partial charge in [-0.3, -0.25) is 4.79 Å². The number of aliphatic hydroxyl groups is 5. The second kappa shape index (κ2) is 43.0. The second-order valence-corrected chi connectivity index (χ2v) is 16.9. The first-order valence-electron chi connectivity index (χ1n) is 25.0. The number of unbranched alkanes of at least 4 members (excludes halogenated alkanes) is 16. The van der Waals surface area contributed by atoms with Crippen LogP contribution < -0.4 is 5.32 Å². The van der Waals surface area contributed by atoms with Crippen LogP contribution in [0.5, 0.6) is 0 Å². The fourth-order valence-corrected chi connectivity index (χ4v) is 7.15. The summed E-state index contributed by atoms with van der Waals surface area (Å²) in [5, 5.41) is 54.3. The van der Waals surface area contributed by atoms with Crippen LogP contribution in [-0.4, -0.2) is 87.5 Å². The SMILES string of the molecule is CC/C=C\C/C=C\C/C=C\C/C=C\C/C=C\CCCCCCCC(=O)NC(COC1OC(CO)C(O)C(O)C1O)C(O)/C=C/CC/C=C/CC/C=C/CCCCCCCCCCC. The Balaban J connectivity index is 2.39. The molecule has 1 rings (SSSR count). The standard InChI is InChI=1S/C54H91NO8/c1-3-5-7-9-11-13-15-17-19-21-23-24-26-28-30-32-34-36-38-40-42-44-50(58)55-47(46-62-54-53(61)52(60)51(59)49(45-56)63-54)48(57)43-41-39-37-35-33-31-29-27-25-22-20-18-16-14-12-10-8-6-4-2/h5,7,11,13,17,19,23-25,27-28,30,33,35,41,43,47-49,51-54,56-57,59-61H,3-4,6,8-10,12,14-16,18,20-22,26,29,31-32,34,36-40,42,44-46H2,1-2H3,(H,55,58)/b7-5-,13-11-,19-17-,24-23-,27-25+,30-28-,35-33+,43-41+. The molecule has 1 fully saturated rings. The maximum atomic E-state index is 13.0. The number of allylic oxidation sites excluding steroid dienone is 15. The van der Waals surface area contributed by atoms with Gasteiger partial charge in [0.2, 0.25) is 5.91 Å². The topological polar surface area (TPSA) is 149 Å². The lowest BCUT2D eigenvalue weighted by Gasteiger charge is -2.40. The van der Waals surface area contributed by atoms with E-state index in [-0.39, 0.29) is 12.5 Å². The van der Waals surface area contributed by atoms with Crippen molar-refractivity contribution in [3.05, 3.63) is 97.2 Å². The van der Waals surface area contributed by atoms with Crippen molar-refractivity contribution in [3.8, 4) is 0 Å². The molecule has 1 aliphatic heterocycles. The van der Waals surface area contributed by atoms with Crippen molar-refractivity contribution in [2.24, 2.45) is 0 Å². The van der Waals surface area contributed by atoms with Gasteiger partial charge in [0, 0.05) is 6.42 Å². The third-order valence-corrected chi connectivity index (χ3v) is 11.1. The number of aliphatic hydroxyl groups excluding tert-OH is 5. The highest BCUT2D eigenvalue weighted by molar-refractivity contribution is 5.76. The number of rotatable bonds is 40. The first kappa shape index (κ1) is 58.1. The fraction of sp³-hybridized carbons (Fsp3) is 0.685. The van der Waals surface area contributed by atoms with Crippen molar-refractivity contribution < 1.29 is 39.8 Å². The average Bonchev–Trinajstić information content (AvgIpc) is 3.28. The van der Waals surface area contributed by atoms with Gasteiger partial charge in [-0.15, -0.1) is 0 Å². The Kier molecular flexibility index (Phi) is 39.7. The van der Waals surface area contributed by atoms with E-state index in [2.05, 4.69) is 104 Å². The Hall–Kier alpha value is -2.89. The largest absolute Gasteiger partial charge is 0.394 e. The molecule has 0 aromatic rings. The van der Waals surface area contributed by atoms with Crippen LogP contribution in [0, 0.1) is 0 Å². The van der Waals surface area contributed by atoms with Crippen LogP contribution in [0.3, 0.4) is 0 Å². The molecule has 63 heavy (non-hydrogen) atoms. The van der Waals surface area contributed by atoms with Crippen LogP contribution >= 0.6 is 0 Å². The van der Waals surface area contributed by atoms with Gasteiger partial charge in [-0.2, -0.15) is 0 Å². The molecule has 6 N–H and O–H groups in total. The molecule has 7 unspecified atom stereocenters. The molecule has 0 spiro atoms. The summed E-state index contributed by atoms with van der Waals surface area (Å²) >= 11 is 0. The highest BCUT2D eigenvalue weighted by atomic mass is 16.7. The van der Waals surface area contributed by atoms with Crippen LogP contribution in [0.25, 0.3) is 0 Å². The third-order valence-electron chi connectivity index (χ3n) is 11.1. The van der Waals surface area contributed by atoms with Gasteiger partial charge in [-0.1, -0.05) is 182 Å². The lowest BCUT2D eigenvalue weighted by Crippen LogP contribution is -2.60. The number of hydrogen-bond acceptors (Lipinski definition) is 8. The van der Waals surface area contributed by atoms with Crippen LogP contribution in [0.15, 0.2) is 97.2 Å². The first-order valence-corrected chi connectivity index (χ1v) is 25.0. The molecule has 9 heteroatoms.